The molecule has 100 valence electrons. The molecule has 0 atom stereocenters. The van der Waals surface area contributed by atoms with Crippen LogP contribution in [-0.2, 0) is 9.53 Å². The number of rotatable bonds is 7. The SMILES string of the molecule is C=CCOCCCC(=O)NC1CCNCC1.Cl. The lowest BCUT2D eigenvalue weighted by molar-refractivity contribution is -0.122. The molecule has 5 heteroatoms. The zero-order chi connectivity index (χ0) is 11.6. The number of carbonyl (C=O) groups excluding carboxylic acids is 1. The molecule has 0 radical (unpaired) electrons. The van der Waals surface area contributed by atoms with Crippen molar-refractivity contribution in [2.75, 3.05) is 26.3 Å². The maximum atomic E-state index is 11.5. The first-order valence-corrected chi connectivity index (χ1v) is 6.01. The van der Waals surface area contributed by atoms with Gasteiger partial charge >= 0.3 is 0 Å². The van der Waals surface area contributed by atoms with Crippen LogP contribution in [-0.4, -0.2) is 38.3 Å². The van der Waals surface area contributed by atoms with Gasteiger partial charge in [0.05, 0.1) is 6.61 Å². The van der Waals surface area contributed by atoms with E-state index in [4.69, 9.17) is 4.74 Å². The van der Waals surface area contributed by atoms with E-state index < -0.39 is 0 Å². The molecule has 1 saturated heterocycles. The number of ether oxygens (including phenoxy) is 1. The van der Waals surface area contributed by atoms with Crippen LogP contribution in [0.15, 0.2) is 12.7 Å². The molecular weight excluding hydrogens is 240 g/mol. The molecule has 0 aliphatic carbocycles. The van der Waals surface area contributed by atoms with Gasteiger partial charge in [0, 0.05) is 19.1 Å². The number of piperidine rings is 1. The molecule has 1 aliphatic rings. The van der Waals surface area contributed by atoms with Gasteiger partial charge in [0.2, 0.25) is 5.91 Å². The molecule has 0 aromatic rings. The Bertz CT molecular complexity index is 219. The van der Waals surface area contributed by atoms with Crippen LogP contribution in [0.3, 0.4) is 0 Å². The number of amides is 1. The van der Waals surface area contributed by atoms with Gasteiger partial charge in [-0.05, 0) is 32.4 Å². The van der Waals surface area contributed by atoms with Gasteiger partial charge in [0.1, 0.15) is 0 Å². The molecule has 4 nitrogen and oxygen atoms in total. The van der Waals surface area contributed by atoms with Gasteiger partial charge in [-0.15, -0.1) is 19.0 Å². The largest absolute Gasteiger partial charge is 0.377 e. The Morgan fingerprint density at radius 1 is 1.47 bits per heavy atom. The Kier molecular flexibility index (Phi) is 10.2. The molecule has 0 spiro atoms. The standard InChI is InChI=1S/C12H22N2O2.ClH/c1-2-9-16-10-3-4-12(15)14-11-5-7-13-8-6-11;/h2,11,13H,1,3-10H2,(H,14,15);1H. The van der Waals surface area contributed by atoms with E-state index in [1.54, 1.807) is 6.08 Å². The number of carbonyl (C=O) groups is 1. The molecule has 0 aromatic heterocycles. The number of halogens is 1. The fourth-order valence-corrected chi connectivity index (χ4v) is 1.77. The summed E-state index contributed by atoms with van der Waals surface area (Å²) in [5.74, 6) is 0.147. The average Bonchev–Trinajstić information content (AvgIpc) is 2.30. The normalized spacial score (nSPS) is 16.0. The highest BCUT2D eigenvalue weighted by Gasteiger charge is 2.14. The monoisotopic (exact) mass is 262 g/mol. The van der Waals surface area contributed by atoms with Gasteiger partial charge in [0.15, 0.2) is 0 Å². The van der Waals surface area contributed by atoms with Gasteiger partial charge in [-0.1, -0.05) is 6.08 Å². The number of hydrogen-bond acceptors (Lipinski definition) is 3. The molecule has 0 unspecified atom stereocenters. The van der Waals surface area contributed by atoms with Gasteiger partial charge in [-0.3, -0.25) is 4.79 Å². The van der Waals surface area contributed by atoms with Gasteiger partial charge in [-0.2, -0.15) is 0 Å². The average molecular weight is 263 g/mol. The predicted molar refractivity (Wildman–Crippen MR) is 71.5 cm³/mol. The third kappa shape index (κ3) is 8.18. The molecule has 2 N–H and O–H groups in total. The summed E-state index contributed by atoms with van der Waals surface area (Å²) in [7, 11) is 0. The summed E-state index contributed by atoms with van der Waals surface area (Å²) in [5, 5.41) is 6.33. The van der Waals surface area contributed by atoms with Crippen LogP contribution in [0, 0.1) is 0 Å². The zero-order valence-corrected chi connectivity index (χ0v) is 11.1. The molecular formula is C12H23ClN2O2. The second kappa shape index (κ2) is 10.6. The fourth-order valence-electron chi connectivity index (χ4n) is 1.77. The third-order valence-electron chi connectivity index (χ3n) is 2.63. The minimum absolute atomic E-state index is 0. The van der Waals surface area contributed by atoms with Gasteiger partial charge < -0.3 is 15.4 Å². The van der Waals surface area contributed by atoms with Crippen molar-refractivity contribution >= 4 is 18.3 Å². The Balaban J connectivity index is 0.00000256. The van der Waals surface area contributed by atoms with E-state index in [1.807, 2.05) is 0 Å². The predicted octanol–water partition coefficient (Wildman–Crippen LogP) is 1.26. The summed E-state index contributed by atoms with van der Waals surface area (Å²) in [4.78, 5) is 11.5. The van der Waals surface area contributed by atoms with Crippen LogP contribution in [0.4, 0.5) is 0 Å². The van der Waals surface area contributed by atoms with Crippen molar-refractivity contribution in [2.24, 2.45) is 0 Å². The molecule has 1 rings (SSSR count). The van der Waals surface area contributed by atoms with E-state index in [2.05, 4.69) is 17.2 Å². The van der Waals surface area contributed by atoms with Crippen LogP contribution in [0.25, 0.3) is 0 Å². The van der Waals surface area contributed by atoms with Crippen molar-refractivity contribution in [3.8, 4) is 0 Å². The first-order valence-electron chi connectivity index (χ1n) is 6.01. The smallest absolute Gasteiger partial charge is 0.220 e. The maximum Gasteiger partial charge on any atom is 0.220 e. The summed E-state index contributed by atoms with van der Waals surface area (Å²) >= 11 is 0. The fraction of sp³-hybridized carbons (Fsp3) is 0.750. The molecule has 0 saturated carbocycles. The van der Waals surface area contributed by atoms with Crippen molar-refractivity contribution in [3.05, 3.63) is 12.7 Å². The van der Waals surface area contributed by atoms with Gasteiger partial charge in [0.25, 0.3) is 0 Å². The summed E-state index contributed by atoms with van der Waals surface area (Å²) in [6.07, 6.45) is 5.14. The maximum absolute atomic E-state index is 11.5. The van der Waals surface area contributed by atoms with E-state index in [0.29, 0.717) is 25.7 Å². The highest BCUT2D eigenvalue weighted by molar-refractivity contribution is 5.85. The van der Waals surface area contributed by atoms with E-state index in [9.17, 15) is 4.79 Å². The lowest BCUT2D eigenvalue weighted by Crippen LogP contribution is -2.42. The van der Waals surface area contributed by atoms with E-state index in [1.165, 1.54) is 0 Å². The molecule has 17 heavy (non-hydrogen) atoms. The second-order valence-corrected chi connectivity index (χ2v) is 4.06. The summed E-state index contributed by atoms with van der Waals surface area (Å²) in [6, 6.07) is 0.364. The third-order valence-corrected chi connectivity index (χ3v) is 2.63. The molecule has 1 amide bonds. The van der Waals surface area contributed by atoms with Crippen LogP contribution in [0.2, 0.25) is 0 Å². The lowest BCUT2D eigenvalue weighted by atomic mass is 10.1. The van der Waals surface area contributed by atoms with E-state index >= 15 is 0 Å². The van der Waals surface area contributed by atoms with Crippen LogP contribution >= 0.6 is 12.4 Å². The molecule has 1 aliphatic heterocycles. The summed E-state index contributed by atoms with van der Waals surface area (Å²) in [6.45, 7) is 6.77. The van der Waals surface area contributed by atoms with Crippen molar-refractivity contribution in [2.45, 2.75) is 31.7 Å². The molecule has 0 bridgehead atoms. The summed E-state index contributed by atoms with van der Waals surface area (Å²) in [5.41, 5.74) is 0. The first kappa shape index (κ1) is 16.4. The number of hydrogen-bond donors (Lipinski definition) is 2. The highest BCUT2D eigenvalue weighted by Crippen LogP contribution is 2.02. The Hall–Kier alpha value is -0.580. The zero-order valence-electron chi connectivity index (χ0n) is 10.2. The molecule has 1 heterocycles. The second-order valence-electron chi connectivity index (χ2n) is 4.06. The quantitative estimate of drug-likeness (QED) is 0.537. The lowest BCUT2D eigenvalue weighted by Gasteiger charge is -2.23. The Labute approximate surface area is 110 Å². The van der Waals surface area contributed by atoms with Crippen LogP contribution < -0.4 is 10.6 Å². The van der Waals surface area contributed by atoms with Gasteiger partial charge in [-0.25, -0.2) is 0 Å². The van der Waals surface area contributed by atoms with Crippen LogP contribution in [0.1, 0.15) is 25.7 Å². The van der Waals surface area contributed by atoms with E-state index in [-0.39, 0.29) is 18.3 Å². The van der Waals surface area contributed by atoms with Crippen molar-refractivity contribution < 1.29 is 9.53 Å². The van der Waals surface area contributed by atoms with Crippen molar-refractivity contribution in [1.82, 2.24) is 10.6 Å². The van der Waals surface area contributed by atoms with Crippen LogP contribution in [0.5, 0.6) is 0 Å². The Morgan fingerprint density at radius 2 is 2.18 bits per heavy atom. The number of nitrogens with one attached hydrogen (secondary N) is 2. The molecule has 0 aromatic carbocycles. The minimum Gasteiger partial charge on any atom is -0.377 e. The first-order chi connectivity index (χ1) is 7.83. The van der Waals surface area contributed by atoms with Crippen molar-refractivity contribution in [3.63, 3.8) is 0 Å². The summed E-state index contributed by atoms with van der Waals surface area (Å²) < 4.78 is 5.22. The highest BCUT2D eigenvalue weighted by atomic mass is 35.5. The minimum atomic E-state index is 0. The van der Waals surface area contributed by atoms with Crippen molar-refractivity contribution in [1.29, 1.82) is 0 Å². The van der Waals surface area contributed by atoms with E-state index in [0.717, 1.165) is 32.4 Å². The molecule has 1 fully saturated rings. The Morgan fingerprint density at radius 3 is 2.82 bits per heavy atom. The topological polar surface area (TPSA) is 50.4 Å².